The molecule has 2 aromatic rings. The fourth-order valence-corrected chi connectivity index (χ4v) is 2.89. The molecule has 0 spiro atoms. The standard InChI is InChI=1S/C10H9FN2OS2/c1-6(14)7-3-2-4-8(11)9(7)16-10-13-12-5-15-10/h2-6,14H,1H3. The van der Waals surface area contributed by atoms with Gasteiger partial charge in [0, 0.05) is 0 Å². The molecule has 0 saturated heterocycles. The van der Waals surface area contributed by atoms with Crippen molar-refractivity contribution in [2.24, 2.45) is 0 Å². The molecule has 84 valence electrons. The van der Waals surface area contributed by atoms with Crippen LogP contribution in [0.5, 0.6) is 0 Å². The minimum atomic E-state index is -0.703. The van der Waals surface area contributed by atoms with Gasteiger partial charge in [-0.25, -0.2) is 4.39 Å². The normalized spacial score (nSPS) is 12.7. The van der Waals surface area contributed by atoms with Gasteiger partial charge in [0.15, 0.2) is 4.34 Å². The zero-order valence-electron chi connectivity index (χ0n) is 8.42. The monoisotopic (exact) mass is 256 g/mol. The first-order chi connectivity index (χ1) is 7.68. The molecule has 0 aliphatic heterocycles. The van der Waals surface area contributed by atoms with Crippen molar-refractivity contribution >= 4 is 23.1 Å². The molecule has 0 aliphatic carbocycles. The largest absolute Gasteiger partial charge is 0.389 e. The lowest BCUT2D eigenvalue weighted by atomic mass is 10.1. The molecule has 0 aliphatic rings. The molecule has 2 rings (SSSR count). The maximum atomic E-state index is 13.6. The highest BCUT2D eigenvalue weighted by molar-refractivity contribution is 8.01. The lowest BCUT2D eigenvalue weighted by Crippen LogP contribution is -1.96. The third kappa shape index (κ3) is 2.40. The van der Waals surface area contributed by atoms with E-state index >= 15 is 0 Å². The van der Waals surface area contributed by atoms with Gasteiger partial charge in [-0.1, -0.05) is 35.2 Å². The second kappa shape index (κ2) is 4.90. The summed E-state index contributed by atoms with van der Waals surface area (Å²) < 4.78 is 14.3. The third-order valence-electron chi connectivity index (χ3n) is 1.98. The van der Waals surface area contributed by atoms with Crippen LogP contribution in [0, 0.1) is 5.82 Å². The lowest BCUT2D eigenvalue weighted by Gasteiger charge is -2.10. The smallest absolute Gasteiger partial charge is 0.178 e. The summed E-state index contributed by atoms with van der Waals surface area (Å²) >= 11 is 2.53. The van der Waals surface area contributed by atoms with Crippen molar-refractivity contribution in [2.45, 2.75) is 22.3 Å². The third-order valence-corrected chi connectivity index (χ3v) is 3.89. The maximum Gasteiger partial charge on any atom is 0.178 e. The summed E-state index contributed by atoms with van der Waals surface area (Å²) in [7, 11) is 0. The molecular formula is C10H9FN2OS2. The van der Waals surface area contributed by atoms with Gasteiger partial charge in [0.2, 0.25) is 0 Å². The highest BCUT2D eigenvalue weighted by Crippen LogP contribution is 2.35. The Hall–Kier alpha value is -0.980. The topological polar surface area (TPSA) is 46.0 Å². The maximum absolute atomic E-state index is 13.6. The van der Waals surface area contributed by atoms with Crippen LogP contribution in [-0.4, -0.2) is 15.3 Å². The lowest BCUT2D eigenvalue weighted by molar-refractivity contribution is 0.195. The van der Waals surface area contributed by atoms with E-state index in [-0.39, 0.29) is 5.82 Å². The number of aromatic nitrogens is 2. The average Bonchev–Trinajstić information content (AvgIpc) is 2.73. The van der Waals surface area contributed by atoms with Gasteiger partial charge in [-0.05, 0) is 18.6 Å². The first-order valence-corrected chi connectivity index (χ1v) is 6.28. The Morgan fingerprint density at radius 2 is 2.31 bits per heavy atom. The summed E-state index contributed by atoms with van der Waals surface area (Å²) in [5.74, 6) is -0.349. The molecule has 3 nitrogen and oxygen atoms in total. The zero-order chi connectivity index (χ0) is 11.5. The summed E-state index contributed by atoms with van der Waals surface area (Å²) in [4.78, 5) is 0.411. The number of nitrogens with zero attached hydrogens (tertiary/aromatic N) is 2. The van der Waals surface area contributed by atoms with E-state index in [1.54, 1.807) is 24.6 Å². The summed E-state index contributed by atoms with van der Waals surface area (Å²) in [5.41, 5.74) is 2.16. The van der Waals surface area contributed by atoms with Crippen LogP contribution in [0.1, 0.15) is 18.6 Å². The minimum Gasteiger partial charge on any atom is -0.389 e. The van der Waals surface area contributed by atoms with Crippen molar-refractivity contribution in [3.63, 3.8) is 0 Å². The van der Waals surface area contributed by atoms with Crippen molar-refractivity contribution in [2.75, 3.05) is 0 Å². The van der Waals surface area contributed by atoms with Crippen molar-refractivity contribution in [3.05, 3.63) is 35.1 Å². The number of aliphatic hydroxyl groups is 1. The number of aliphatic hydroxyl groups excluding tert-OH is 1. The van der Waals surface area contributed by atoms with Crippen LogP contribution < -0.4 is 0 Å². The summed E-state index contributed by atoms with van der Waals surface area (Å²) in [5, 5.41) is 17.1. The highest BCUT2D eigenvalue weighted by Gasteiger charge is 2.14. The molecule has 16 heavy (non-hydrogen) atoms. The summed E-state index contributed by atoms with van der Waals surface area (Å²) in [6.07, 6.45) is -0.703. The van der Waals surface area contributed by atoms with Crippen LogP contribution >= 0.6 is 23.1 Å². The van der Waals surface area contributed by atoms with Crippen molar-refractivity contribution in [1.29, 1.82) is 0 Å². The van der Waals surface area contributed by atoms with E-state index in [9.17, 15) is 9.50 Å². The molecule has 0 bridgehead atoms. The fraction of sp³-hybridized carbons (Fsp3) is 0.200. The Bertz CT molecular complexity index is 474. The number of halogens is 1. The van der Waals surface area contributed by atoms with E-state index in [0.717, 1.165) is 0 Å². The number of rotatable bonds is 3. The fourth-order valence-electron chi connectivity index (χ4n) is 1.26. The highest BCUT2D eigenvalue weighted by atomic mass is 32.2. The molecule has 1 aromatic carbocycles. The van der Waals surface area contributed by atoms with E-state index in [0.29, 0.717) is 14.8 Å². The molecule has 0 amide bonds. The molecule has 6 heteroatoms. The second-order valence-electron chi connectivity index (χ2n) is 3.14. The summed E-state index contributed by atoms with van der Waals surface area (Å²) in [6, 6.07) is 4.66. The van der Waals surface area contributed by atoms with Crippen molar-refractivity contribution in [1.82, 2.24) is 10.2 Å². The predicted molar refractivity (Wildman–Crippen MR) is 61.1 cm³/mol. The van der Waals surface area contributed by atoms with Crippen LogP contribution in [0.4, 0.5) is 4.39 Å². The average molecular weight is 256 g/mol. The number of hydrogen-bond donors (Lipinski definition) is 1. The van der Waals surface area contributed by atoms with Crippen molar-refractivity contribution in [3.8, 4) is 0 Å². The van der Waals surface area contributed by atoms with Crippen LogP contribution in [0.3, 0.4) is 0 Å². The molecule has 1 unspecified atom stereocenters. The van der Waals surface area contributed by atoms with E-state index < -0.39 is 6.10 Å². The van der Waals surface area contributed by atoms with E-state index in [4.69, 9.17) is 0 Å². The van der Waals surface area contributed by atoms with Crippen LogP contribution in [0.25, 0.3) is 0 Å². The quantitative estimate of drug-likeness (QED) is 0.917. The Balaban J connectivity index is 2.38. The second-order valence-corrected chi connectivity index (χ2v) is 5.23. The zero-order valence-corrected chi connectivity index (χ0v) is 10.1. The molecule has 0 radical (unpaired) electrons. The molecule has 1 aromatic heterocycles. The van der Waals surface area contributed by atoms with E-state index in [2.05, 4.69) is 10.2 Å². The SMILES string of the molecule is CC(O)c1cccc(F)c1Sc1nncs1. The van der Waals surface area contributed by atoms with Gasteiger partial charge in [-0.15, -0.1) is 10.2 Å². The van der Waals surface area contributed by atoms with Gasteiger partial charge in [0.05, 0.1) is 11.0 Å². The minimum absolute atomic E-state index is 0.349. The Morgan fingerprint density at radius 1 is 1.50 bits per heavy atom. The van der Waals surface area contributed by atoms with Crippen LogP contribution in [0.2, 0.25) is 0 Å². The Kier molecular flexibility index (Phi) is 3.52. The molecule has 1 N–H and O–H groups in total. The number of benzene rings is 1. The Morgan fingerprint density at radius 3 is 2.94 bits per heavy atom. The first kappa shape index (κ1) is 11.5. The Labute approximate surface area is 100 Å². The van der Waals surface area contributed by atoms with Gasteiger partial charge in [-0.3, -0.25) is 0 Å². The molecular weight excluding hydrogens is 247 g/mol. The molecule has 1 atom stereocenters. The summed E-state index contributed by atoms with van der Waals surface area (Å²) in [6.45, 7) is 1.61. The van der Waals surface area contributed by atoms with Gasteiger partial charge >= 0.3 is 0 Å². The molecule has 1 heterocycles. The van der Waals surface area contributed by atoms with E-state index in [1.807, 2.05) is 0 Å². The van der Waals surface area contributed by atoms with Gasteiger partial charge in [0.25, 0.3) is 0 Å². The molecule has 0 saturated carbocycles. The van der Waals surface area contributed by atoms with E-state index in [1.165, 1.54) is 29.2 Å². The predicted octanol–water partition coefficient (Wildman–Crippen LogP) is 2.88. The van der Waals surface area contributed by atoms with Crippen molar-refractivity contribution < 1.29 is 9.50 Å². The first-order valence-electron chi connectivity index (χ1n) is 4.59. The van der Waals surface area contributed by atoms with Gasteiger partial charge in [-0.2, -0.15) is 0 Å². The van der Waals surface area contributed by atoms with Crippen LogP contribution in [0.15, 0.2) is 32.9 Å². The van der Waals surface area contributed by atoms with Gasteiger partial charge < -0.3 is 5.11 Å². The molecule has 0 fully saturated rings. The van der Waals surface area contributed by atoms with Crippen LogP contribution in [-0.2, 0) is 0 Å². The van der Waals surface area contributed by atoms with Gasteiger partial charge in [0.1, 0.15) is 11.3 Å². The number of hydrogen-bond acceptors (Lipinski definition) is 5.